The van der Waals surface area contributed by atoms with Crippen LogP contribution >= 0.6 is 27.5 Å². The summed E-state index contributed by atoms with van der Waals surface area (Å²) in [6, 6.07) is 15.9. The van der Waals surface area contributed by atoms with Crippen molar-refractivity contribution in [3.63, 3.8) is 0 Å². The van der Waals surface area contributed by atoms with Gasteiger partial charge in [0.2, 0.25) is 0 Å². The average Bonchev–Trinajstić information content (AvgIpc) is 2.43. The van der Waals surface area contributed by atoms with Crippen molar-refractivity contribution in [2.45, 2.75) is 12.7 Å². The van der Waals surface area contributed by atoms with Crippen LogP contribution in [0.25, 0.3) is 0 Å². The van der Waals surface area contributed by atoms with Crippen LogP contribution in [0.1, 0.15) is 17.2 Å². The lowest BCUT2D eigenvalue weighted by Crippen LogP contribution is -2.19. The Bertz CT molecular complexity index is 562. The van der Waals surface area contributed by atoms with Gasteiger partial charge in [-0.3, -0.25) is 0 Å². The molecule has 1 N–H and O–H groups in total. The predicted octanol–water partition coefficient (Wildman–Crippen LogP) is 4.58. The maximum atomic E-state index is 6.02. The molecule has 2 aromatic carbocycles. The van der Waals surface area contributed by atoms with E-state index < -0.39 is 0 Å². The van der Waals surface area contributed by atoms with Gasteiger partial charge in [0.1, 0.15) is 0 Å². The van der Waals surface area contributed by atoms with Crippen LogP contribution in [0.2, 0.25) is 5.02 Å². The van der Waals surface area contributed by atoms with Crippen molar-refractivity contribution in [3.05, 3.63) is 69.2 Å². The third-order valence-electron chi connectivity index (χ3n) is 2.95. The zero-order valence-electron chi connectivity index (χ0n) is 11.3. The summed E-state index contributed by atoms with van der Waals surface area (Å²) in [7, 11) is 1.92. The summed E-state index contributed by atoms with van der Waals surface area (Å²) in [5.74, 6) is 0. The van der Waals surface area contributed by atoms with Gasteiger partial charge in [0.15, 0.2) is 0 Å². The first kappa shape index (κ1) is 15.5. The van der Waals surface area contributed by atoms with Gasteiger partial charge < -0.3 is 10.1 Å². The topological polar surface area (TPSA) is 21.3 Å². The van der Waals surface area contributed by atoms with Gasteiger partial charge in [-0.15, -0.1) is 0 Å². The van der Waals surface area contributed by atoms with Crippen molar-refractivity contribution in [2.24, 2.45) is 0 Å². The summed E-state index contributed by atoms with van der Waals surface area (Å²) in [6.45, 7) is 1.30. The molecule has 20 heavy (non-hydrogen) atoms. The van der Waals surface area contributed by atoms with E-state index in [-0.39, 0.29) is 6.10 Å². The molecule has 0 saturated carbocycles. The molecule has 0 spiro atoms. The summed E-state index contributed by atoms with van der Waals surface area (Å²) in [5.41, 5.74) is 2.23. The first-order valence-corrected chi connectivity index (χ1v) is 7.62. The van der Waals surface area contributed by atoms with E-state index in [0.29, 0.717) is 6.61 Å². The lowest BCUT2D eigenvalue weighted by atomic mass is 10.1. The molecule has 106 valence electrons. The molecule has 0 aromatic heterocycles. The Kier molecular flexibility index (Phi) is 6.05. The second-order valence-corrected chi connectivity index (χ2v) is 5.89. The standard InChI is InChI=1S/C16H17BrClNO/c1-19-10-16(13-5-3-6-14(17)9-13)20-11-12-4-2-7-15(18)8-12/h2-9,16,19H,10-11H2,1H3. The van der Waals surface area contributed by atoms with E-state index >= 15 is 0 Å². The number of benzene rings is 2. The minimum Gasteiger partial charge on any atom is -0.368 e. The van der Waals surface area contributed by atoms with Crippen LogP contribution < -0.4 is 5.32 Å². The molecule has 0 heterocycles. The largest absolute Gasteiger partial charge is 0.368 e. The highest BCUT2D eigenvalue weighted by Crippen LogP contribution is 2.22. The van der Waals surface area contributed by atoms with Gasteiger partial charge in [-0.25, -0.2) is 0 Å². The number of nitrogens with one attached hydrogen (secondary N) is 1. The molecule has 0 radical (unpaired) electrons. The van der Waals surface area contributed by atoms with Gasteiger partial charge in [0.25, 0.3) is 0 Å². The smallest absolute Gasteiger partial charge is 0.0954 e. The van der Waals surface area contributed by atoms with Crippen LogP contribution in [0.4, 0.5) is 0 Å². The van der Waals surface area contributed by atoms with E-state index in [4.69, 9.17) is 16.3 Å². The first-order valence-electron chi connectivity index (χ1n) is 6.45. The van der Waals surface area contributed by atoms with E-state index in [2.05, 4.69) is 33.4 Å². The molecule has 0 saturated heterocycles. The molecule has 1 atom stereocenters. The monoisotopic (exact) mass is 353 g/mol. The fraction of sp³-hybridized carbons (Fsp3) is 0.250. The Hall–Kier alpha value is -0.870. The van der Waals surface area contributed by atoms with Crippen molar-refractivity contribution in [1.29, 1.82) is 0 Å². The molecule has 4 heteroatoms. The summed E-state index contributed by atoms with van der Waals surface area (Å²) >= 11 is 9.48. The van der Waals surface area contributed by atoms with Crippen LogP contribution in [-0.2, 0) is 11.3 Å². The highest BCUT2D eigenvalue weighted by atomic mass is 79.9. The highest BCUT2D eigenvalue weighted by molar-refractivity contribution is 9.10. The van der Waals surface area contributed by atoms with Crippen molar-refractivity contribution in [3.8, 4) is 0 Å². The van der Waals surface area contributed by atoms with E-state index in [1.54, 1.807) is 0 Å². The second-order valence-electron chi connectivity index (χ2n) is 4.54. The predicted molar refractivity (Wildman–Crippen MR) is 87.1 cm³/mol. The molecule has 0 amide bonds. The molecule has 2 rings (SSSR count). The summed E-state index contributed by atoms with van der Waals surface area (Å²) in [4.78, 5) is 0. The Morgan fingerprint density at radius 2 is 2.00 bits per heavy atom. The van der Waals surface area contributed by atoms with Crippen molar-refractivity contribution < 1.29 is 4.74 Å². The number of hydrogen-bond acceptors (Lipinski definition) is 2. The summed E-state index contributed by atoms with van der Waals surface area (Å²) in [5, 5.41) is 3.90. The maximum Gasteiger partial charge on any atom is 0.0954 e. The van der Waals surface area contributed by atoms with E-state index in [1.807, 2.05) is 43.4 Å². The van der Waals surface area contributed by atoms with Crippen molar-refractivity contribution >= 4 is 27.5 Å². The van der Waals surface area contributed by atoms with Gasteiger partial charge in [0.05, 0.1) is 12.7 Å². The van der Waals surface area contributed by atoms with E-state index in [9.17, 15) is 0 Å². The average molecular weight is 355 g/mol. The van der Waals surface area contributed by atoms with Gasteiger partial charge in [-0.05, 0) is 42.4 Å². The van der Waals surface area contributed by atoms with Crippen molar-refractivity contribution in [1.82, 2.24) is 5.32 Å². The fourth-order valence-corrected chi connectivity index (χ4v) is 2.62. The molecule has 0 aliphatic rings. The molecular weight excluding hydrogens is 338 g/mol. The molecule has 1 unspecified atom stereocenters. The van der Waals surface area contributed by atoms with Crippen LogP contribution in [0.3, 0.4) is 0 Å². The number of halogens is 2. The van der Waals surface area contributed by atoms with Crippen LogP contribution in [0.15, 0.2) is 53.0 Å². The number of ether oxygens (including phenoxy) is 1. The maximum absolute atomic E-state index is 6.02. The Labute approximate surface area is 133 Å². The Morgan fingerprint density at radius 3 is 2.70 bits per heavy atom. The Balaban J connectivity index is 2.06. The second kappa shape index (κ2) is 7.79. The van der Waals surface area contributed by atoms with Crippen molar-refractivity contribution in [2.75, 3.05) is 13.6 Å². The summed E-state index contributed by atoms with van der Waals surface area (Å²) < 4.78 is 7.08. The minimum atomic E-state index is 0.0106. The lowest BCUT2D eigenvalue weighted by Gasteiger charge is -2.18. The molecule has 0 fully saturated rings. The van der Waals surface area contributed by atoms with E-state index in [1.165, 1.54) is 0 Å². The molecule has 0 bridgehead atoms. The van der Waals surface area contributed by atoms with Crippen LogP contribution in [0, 0.1) is 0 Å². The molecule has 0 aliphatic carbocycles. The SMILES string of the molecule is CNCC(OCc1cccc(Cl)c1)c1cccc(Br)c1. The molecule has 0 aliphatic heterocycles. The molecule has 2 aromatic rings. The number of hydrogen-bond donors (Lipinski definition) is 1. The zero-order valence-corrected chi connectivity index (χ0v) is 13.6. The normalized spacial score (nSPS) is 12.3. The lowest BCUT2D eigenvalue weighted by molar-refractivity contribution is 0.0410. The van der Waals surface area contributed by atoms with Crippen LogP contribution in [-0.4, -0.2) is 13.6 Å². The Morgan fingerprint density at radius 1 is 1.20 bits per heavy atom. The third-order valence-corrected chi connectivity index (χ3v) is 3.68. The van der Waals surface area contributed by atoms with E-state index in [0.717, 1.165) is 27.2 Å². The van der Waals surface area contributed by atoms with Crippen LogP contribution in [0.5, 0.6) is 0 Å². The molecular formula is C16H17BrClNO. The fourth-order valence-electron chi connectivity index (χ4n) is 1.99. The minimum absolute atomic E-state index is 0.0106. The number of rotatable bonds is 6. The molecule has 2 nitrogen and oxygen atoms in total. The third kappa shape index (κ3) is 4.60. The van der Waals surface area contributed by atoms with Gasteiger partial charge in [0, 0.05) is 16.0 Å². The quantitative estimate of drug-likeness (QED) is 0.820. The van der Waals surface area contributed by atoms with Gasteiger partial charge >= 0.3 is 0 Å². The van der Waals surface area contributed by atoms with Gasteiger partial charge in [-0.1, -0.05) is 51.8 Å². The summed E-state index contributed by atoms with van der Waals surface area (Å²) in [6.07, 6.45) is 0.0106. The highest BCUT2D eigenvalue weighted by Gasteiger charge is 2.11. The first-order chi connectivity index (χ1) is 9.69. The number of likely N-dealkylation sites (N-methyl/N-ethyl adjacent to an activating group) is 1. The van der Waals surface area contributed by atoms with Gasteiger partial charge in [-0.2, -0.15) is 0 Å². The zero-order chi connectivity index (χ0) is 14.4.